The van der Waals surface area contributed by atoms with E-state index in [4.69, 9.17) is 4.74 Å². The van der Waals surface area contributed by atoms with Crippen LogP contribution in [0.25, 0.3) is 0 Å². The van der Waals surface area contributed by atoms with E-state index in [0.29, 0.717) is 12.1 Å². The molecule has 0 unspecified atom stereocenters. The minimum atomic E-state index is 0.416. The van der Waals surface area contributed by atoms with E-state index in [0.717, 1.165) is 25.2 Å². The third kappa shape index (κ3) is 3.68. The van der Waals surface area contributed by atoms with Crippen molar-refractivity contribution in [2.45, 2.75) is 82.2 Å². The maximum Gasteiger partial charge on any atom is 0.0734 e. The molecule has 2 aliphatic carbocycles. The van der Waals surface area contributed by atoms with Gasteiger partial charge >= 0.3 is 0 Å². The van der Waals surface area contributed by atoms with Gasteiger partial charge in [-0.25, -0.2) is 0 Å². The molecule has 3 heteroatoms. The van der Waals surface area contributed by atoms with E-state index in [1.165, 1.54) is 63.5 Å². The second-order valence-corrected chi connectivity index (χ2v) is 7.84. The summed E-state index contributed by atoms with van der Waals surface area (Å²) in [5.74, 6) is 0. The van der Waals surface area contributed by atoms with Gasteiger partial charge in [0.25, 0.3) is 0 Å². The first-order valence-electron chi connectivity index (χ1n) is 10.1. The van der Waals surface area contributed by atoms with Crippen molar-refractivity contribution in [1.29, 1.82) is 0 Å². The zero-order chi connectivity index (χ0) is 16.2. The van der Waals surface area contributed by atoms with Crippen molar-refractivity contribution in [2.24, 2.45) is 0 Å². The first-order chi connectivity index (χ1) is 11.9. The Morgan fingerprint density at radius 1 is 0.917 bits per heavy atom. The third-order valence-corrected chi connectivity index (χ3v) is 6.33. The summed E-state index contributed by atoms with van der Waals surface area (Å²) in [4.78, 5) is 2.84. The predicted octanol–water partition coefficient (Wildman–Crippen LogP) is 3.73. The molecule has 132 valence electrons. The summed E-state index contributed by atoms with van der Waals surface area (Å²) in [7, 11) is 0. The van der Waals surface area contributed by atoms with Crippen LogP contribution >= 0.6 is 0 Å². The van der Waals surface area contributed by atoms with Crippen LogP contribution in [-0.2, 0) is 11.3 Å². The van der Waals surface area contributed by atoms with E-state index >= 15 is 0 Å². The van der Waals surface area contributed by atoms with Crippen LogP contribution in [0.3, 0.4) is 0 Å². The van der Waals surface area contributed by atoms with Gasteiger partial charge in [0.15, 0.2) is 0 Å². The lowest BCUT2D eigenvalue weighted by molar-refractivity contribution is -0.0722. The summed E-state index contributed by atoms with van der Waals surface area (Å²) < 4.78 is 6.45. The van der Waals surface area contributed by atoms with Gasteiger partial charge in [-0.3, -0.25) is 4.90 Å². The highest BCUT2D eigenvalue weighted by atomic mass is 16.5. The van der Waals surface area contributed by atoms with Crippen LogP contribution < -0.4 is 5.32 Å². The Morgan fingerprint density at radius 3 is 2.54 bits per heavy atom. The van der Waals surface area contributed by atoms with Crippen molar-refractivity contribution in [3.05, 3.63) is 35.9 Å². The molecule has 1 aromatic rings. The quantitative estimate of drug-likeness (QED) is 0.911. The molecule has 0 amide bonds. The topological polar surface area (TPSA) is 24.5 Å². The summed E-state index contributed by atoms with van der Waals surface area (Å²) >= 11 is 0. The summed E-state index contributed by atoms with van der Waals surface area (Å²) in [5.41, 5.74) is 1.30. The van der Waals surface area contributed by atoms with Crippen LogP contribution in [0.15, 0.2) is 30.3 Å². The van der Waals surface area contributed by atoms with Crippen LogP contribution in [-0.4, -0.2) is 42.2 Å². The maximum atomic E-state index is 6.45. The lowest BCUT2D eigenvalue weighted by Crippen LogP contribution is -2.64. The molecule has 1 saturated heterocycles. The van der Waals surface area contributed by atoms with Crippen molar-refractivity contribution in [3.63, 3.8) is 0 Å². The van der Waals surface area contributed by atoms with Crippen LogP contribution in [0.4, 0.5) is 0 Å². The fourth-order valence-electron chi connectivity index (χ4n) is 5.13. The molecule has 0 spiro atoms. The van der Waals surface area contributed by atoms with Crippen molar-refractivity contribution in [2.75, 3.05) is 13.1 Å². The molecule has 4 rings (SSSR count). The predicted molar refractivity (Wildman–Crippen MR) is 98.0 cm³/mol. The zero-order valence-electron chi connectivity index (χ0n) is 14.8. The number of fused-ring (bicyclic) bond motifs is 1. The highest BCUT2D eigenvalue weighted by molar-refractivity contribution is 5.13. The molecule has 3 fully saturated rings. The second kappa shape index (κ2) is 7.99. The summed E-state index contributed by atoms with van der Waals surface area (Å²) in [6.45, 7) is 3.13. The number of piperazine rings is 1. The Labute approximate surface area is 146 Å². The number of hydrogen-bond acceptors (Lipinski definition) is 3. The molecular weight excluding hydrogens is 296 g/mol. The van der Waals surface area contributed by atoms with Crippen molar-refractivity contribution >= 4 is 0 Å². The molecule has 0 bridgehead atoms. The van der Waals surface area contributed by atoms with Crippen LogP contribution in [0.1, 0.15) is 56.9 Å². The van der Waals surface area contributed by atoms with Gasteiger partial charge in [-0.1, -0.05) is 56.0 Å². The number of benzene rings is 1. The molecule has 0 radical (unpaired) electrons. The standard InChI is InChI=1S/C21H32N2O/c1-2-8-17(9-3-1)16-24-21-13-7-6-12-20(21)23-15-14-22-18-10-4-5-11-19(18)23/h1-3,8-9,18-22H,4-7,10-16H2/t18-,19+,20+,21+/m1/s1. The van der Waals surface area contributed by atoms with Crippen molar-refractivity contribution in [3.8, 4) is 0 Å². The van der Waals surface area contributed by atoms with Gasteiger partial charge in [-0.2, -0.15) is 0 Å². The largest absolute Gasteiger partial charge is 0.372 e. The number of nitrogens with one attached hydrogen (secondary N) is 1. The van der Waals surface area contributed by atoms with Gasteiger partial charge in [-0.05, 0) is 31.2 Å². The van der Waals surface area contributed by atoms with Gasteiger partial charge < -0.3 is 10.1 Å². The summed E-state index contributed by atoms with van der Waals surface area (Å²) in [6, 6.07) is 12.8. The number of hydrogen-bond donors (Lipinski definition) is 1. The molecule has 1 heterocycles. The highest BCUT2D eigenvalue weighted by Gasteiger charge is 2.40. The first kappa shape index (κ1) is 16.6. The van der Waals surface area contributed by atoms with Gasteiger partial charge in [0.1, 0.15) is 0 Å². The molecule has 0 aromatic heterocycles. The molecule has 3 nitrogen and oxygen atoms in total. The summed E-state index contributed by atoms with van der Waals surface area (Å²) in [5, 5.41) is 3.78. The number of rotatable bonds is 4. The molecular formula is C21H32N2O. The average molecular weight is 329 g/mol. The van der Waals surface area contributed by atoms with Gasteiger partial charge in [-0.15, -0.1) is 0 Å². The molecule has 4 atom stereocenters. The fourth-order valence-corrected chi connectivity index (χ4v) is 5.13. The average Bonchev–Trinajstić information content (AvgIpc) is 2.67. The van der Waals surface area contributed by atoms with Gasteiger partial charge in [0, 0.05) is 31.2 Å². The Hall–Kier alpha value is -0.900. The van der Waals surface area contributed by atoms with E-state index in [-0.39, 0.29) is 0 Å². The molecule has 2 saturated carbocycles. The van der Waals surface area contributed by atoms with E-state index in [9.17, 15) is 0 Å². The summed E-state index contributed by atoms with van der Waals surface area (Å²) in [6.07, 6.45) is 11.2. The van der Waals surface area contributed by atoms with Gasteiger partial charge in [0.05, 0.1) is 12.7 Å². The van der Waals surface area contributed by atoms with Crippen LogP contribution in [0.5, 0.6) is 0 Å². The Bertz CT molecular complexity index is 504. The third-order valence-electron chi connectivity index (χ3n) is 6.33. The minimum absolute atomic E-state index is 0.416. The molecule has 3 aliphatic rings. The van der Waals surface area contributed by atoms with Crippen LogP contribution in [0, 0.1) is 0 Å². The SMILES string of the molecule is c1ccc(CO[C@H]2CCCC[C@@H]2N2CCN[C@@H]3CCCC[C@@H]32)cc1. The van der Waals surface area contributed by atoms with Crippen molar-refractivity contribution in [1.82, 2.24) is 10.2 Å². The Kier molecular flexibility index (Phi) is 5.51. The molecule has 1 aliphatic heterocycles. The Balaban J connectivity index is 1.43. The smallest absolute Gasteiger partial charge is 0.0734 e. The Morgan fingerprint density at radius 2 is 1.67 bits per heavy atom. The fraction of sp³-hybridized carbons (Fsp3) is 0.714. The van der Waals surface area contributed by atoms with E-state index in [1.807, 2.05) is 0 Å². The van der Waals surface area contributed by atoms with E-state index < -0.39 is 0 Å². The monoisotopic (exact) mass is 328 g/mol. The lowest BCUT2D eigenvalue weighted by Gasteiger charge is -2.50. The van der Waals surface area contributed by atoms with Gasteiger partial charge in [0.2, 0.25) is 0 Å². The highest BCUT2D eigenvalue weighted by Crippen LogP contribution is 2.33. The van der Waals surface area contributed by atoms with Crippen LogP contribution in [0.2, 0.25) is 0 Å². The molecule has 24 heavy (non-hydrogen) atoms. The minimum Gasteiger partial charge on any atom is -0.372 e. The number of ether oxygens (including phenoxy) is 1. The normalized spacial score (nSPS) is 34.7. The van der Waals surface area contributed by atoms with Crippen molar-refractivity contribution < 1.29 is 4.74 Å². The maximum absolute atomic E-state index is 6.45. The second-order valence-electron chi connectivity index (χ2n) is 7.84. The molecule has 1 N–H and O–H groups in total. The zero-order valence-corrected chi connectivity index (χ0v) is 14.8. The first-order valence-corrected chi connectivity index (χ1v) is 10.1. The van der Waals surface area contributed by atoms with E-state index in [1.54, 1.807) is 0 Å². The van der Waals surface area contributed by atoms with E-state index in [2.05, 4.69) is 40.5 Å². The molecule has 1 aromatic carbocycles. The lowest BCUT2D eigenvalue weighted by atomic mass is 9.83. The number of nitrogens with zero attached hydrogens (tertiary/aromatic N) is 1.